The monoisotopic (exact) mass is 348 g/mol. The summed E-state index contributed by atoms with van der Waals surface area (Å²) in [4.78, 5) is 8.58. The quantitative estimate of drug-likeness (QED) is 0.275. The molecule has 25 heavy (non-hydrogen) atoms. The summed E-state index contributed by atoms with van der Waals surface area (Å²) in [5.74, 6) is 0.555. The maximum Gasteiger partial charge on any atom is 0.207 e. The third kappa shape index (κ3) is 5.38. The lowest BCUT2D eigenvalue weighted by molar-refractivity contribution is 1.17. The van der Waals surface area contributed by atoms with Crippen LogP contribution in [0.15, 0.2) is 68.4 Å². The molecule has 2 aromatic rings. The van der Waals surface area contributed by atoms with Crippen LogP contribution in [0.1, 0.15) is 11.1 Å². The van der Waals surface area contributed by atoms with E-state index in [1.165, 1.54) is 0 Å². The van der Waals surface area contributed by atoms with E-state index in [4.69, 9.17) is 23.3 Å². The van der Waals surface area contributed by atoms with Crippen LogP contribution in [-0.2, 0) is 12.8 Å². The van der Waals surface area contributed by atoms with Crippen molar-refractivity contribution in [2.24, 2.45) is 21.6 Å². The van der Waals surface area contributed by atoms with E-state index in [1.54, 1.807) is 18.0 Å². The van der Waals surface area contributed by atoms with E-state index in [2.05, 4.69) is 15.0 Å². The normalized spacial score (nSPS) is 11.6. The fraction of sp³-hybridized carbons (Fsp3) is 0.111. The molecule has 4 N–H and O–H groups in total. The van der Waals surface area contributed by atoms with Crippen molar-refractivity contribution in [3.8, 4) is 6.19 Å². The number of aliphatic imine (C=N–C) groups is 1. The van der Waals surface area contributed by atoms with Crippen molar-refractivity contribution in [3.05, 3.63) is 71.2 Å². The second-order valence-electron chi connectivity index (χ2n) is 5.07. The van der Waals surface area contributed by atoms with Crippen LogP contribution in [0.3, 0.4) is 0 Å². The van der Waals surface area contributed by atoms with Crippen LogP contribution in [-0.4, -0.2) is 11.7 Å². The van der Waals surface area contributed by atoms with Crippen LogP contribution in [0.4, 0.5) is 0 Å². The Kier molecular flexibility index (Phi) is 6.58. The smallest absolute Gasteiger partial charge is 0.207 e. The molecule has 0 aliphatic rings. The molecule has 0 aliphatic carbocycles. The Hall–Kier alpha value is -3.29. The summed E-state index contributed by atoms with van der Waals surface area (Å²) in [5.41, 5.74) is 13.5. The van der Waals surface area contributed by atoms with Gasteiger partial charge in [0, 0.05) is 22.6 Å². The molecule has 7 heteroatoms. The third-order valence-electron chi connectivity index (χ3n) is 3.28. The summed E-state index contributed by atoms with van der Waals surface area (Å²) < 4.78 is 0. The van der Waals surface area contributed by atoms with Crippen molar-refractivity contribution in [3.63, 3.8) is 0 Å². The Labute approximate surface area is 150 Å². The predicted octanol–water partition coefficient (Wildman–Crippen LogP) is 2.95. The van der Waals surface area contributed by atoms with Gasteiger partial charge < -0.3 is 11.5 Å². The number of hydrogen-bond acceptors (Lipinski definition) is 4. The van der Waals surface area contributed by atoms with Crippen molar-refractivity contribution in [2.45, 2.75) is 22.6 Å². The summed E-state index contributed by atoms with van der Waals surface area (Å²) in [6, 6.07) is 15.6. The fourth-order valence-electron chi connectivity index (χ4n) is 2.21. The van der Waals surface area contributed by atoms with Crippen LogP contribution < -0.4 is 11.5 Å². The van der Waals surface area contributed by atoms with Gasteiger partial charge in [-0.3, -0.25) is 0 Å². The number of nitrogens with zero attached hydrogens (tertiary/aromatic N) is 4. The first-order chi connectivity index (χ1) is 12.1. The SMILES string of the molecule is [C-]#[N+]N=C(N)Cc1ccccc1Sc1ccccc1CC(N)=NC#N. The van der Waals surface area contributed by atoms with Crippen molar-refractivity contribution in [1.82, 2.24) is 0 Å². The molecule has 124 valence electrons. The second-order valence-corrected chi connectivity index (χ2v) is 6.15. The van der Waals surface area contributed by atoms with Crippen molar-refractivity contribution in [2.75, 3.05) is 0 Å². The Morgan fingerprint density at radius 2 is 1.52 bits per heavy atom. The highest BCUT2D eigenvalue weighted by Gasteiger charge is 2.10. The molecule has 0 aliphatic heterocycles. The molecule has 0 bridgehead atoms. The van der Waals surface area contributed by atoms with Crippen molar-refractivity contribution < 1.29 is 0 Å². The number of hydrogen-bond donors (Lipinski definition) is 2. The van der Waals surface area contributed by atoms with Gasteiger partial charge in [-0.05, 0) is 23.3 Å². The molecular weight excluding hydrogens is 332 g/mol. The molecule has 0 saturated heterocycles. The van der Waals surface area contributed by atoms with Crippen LogP contribution in [0.2, 0.25) is 0 Å². The number of nitriles is 1. The first-order valence-electron chi connectivity index (χ1n) is 7.37. The van der Waals surface area contributed by atoms with E-state index in [-0.39, 0.29) is 11.7 Å². The van der Waals surface area contributed by atoms with E-state index >= 15 is 0 Å². The minimum atomic E-state index is 0.275. The minimum Gasteiger partial charge on any atom is -0.386 e. The maximum atomic E-state index is 8.62. The summed E-state index contributed by atoms with van der Waals surface area (Å²) in [7, 11) is 0. The van der Waals surface area contributed by atoms with Crippen molar-refractivity contribution in [1.29, 1.82) is 5.26 Å². The zero-order valence-electron chi connectivity index (χ0n) is 13.4. The molecule has 0 spiro atoms. The molecular formula is C18H16N6S. The second kappa shape index (κ2) is 9.11. The molecule has 2 aromatic carbocycles. The van der Waals surface area contributed by atoms with E-state index in [1.807, 2.05) is 48.5 Å². The van der Waals surface area contributed by atoms with Gasteiger partial charge in [-0.25, -0.2) is 0 Å². The summed E-state index contributed by atoms with van der Waals surface area (Å²) in [5, 5.41) is 12.2. The van der Waals surface area contributed by atoms with Crippen LogP contribution in [0.5, 0.6) is 0 Å². The molecule has 0 radical (unpaired) electrons. The maximum absolute atomic E-state index is 8.62. The van der Waals surface area contributed by atoms with Gasteiger partial charge in [0.2, 0.25) is 6.19 Å². The molecule has 0 fully saturated rings. The first kappa shape index (κ1) is 18.1. The Morgan fingerprint density at radius 1 is 1.00 bits per heavy atom. The Balaban J connectivity index is 2.30. The highest BCUT2D eigenvalue weighted by Crippen LogP contribution is 2.33. The molecule has 6 nitrogen and oxygen atoms in total. The zero-order chi connectivity index (χ0) is 18.1. The van der Waals surface area contributed by atoms with Gasteiger partial charge in [-0.15, -0.1) is 4.95 Å². The van der Waals surface area contributed by atoms with Crippen LogP contribution in [0.25, 0.3) is 4.95 Å². The van der Waals surface area contributed by atoms with Crippen LogP contribution >= 0.6 is 11.8 Å². The van der Waals surface area contributed by atoms with Gasteiger partial charge in [0.25, 0.3) is 0 Å². The largest absolute Gasteiger partial charge is 0.386 e. The number of nitrogens with two attached hydrogens (primary N) is 2. The molecule has 0 saturated carbocycles. The number of amidine groups is 2. The third-order valence-corrected chi connectivity index (χ3v) is 4.52. The fourth-order valence-corrected chi connectivity index (χ4v) is 3.28. The summed E-state index contributed by atoms with van der Waals surface area (Å²) in [6.45, 7) is 6.77. The molecule has 0 atom stereocenters. The molecule has 0 amide bonds. The van der Waals surface area contributed by atoms with Crippen LogP contribution in [0, 0.1) is 18.0 Å². The van der Waals surface area contributed by atoms with Gasteiger partial charge in [-0.1, -0.05) is 48.2 Å². The van der Waals surface area contributed by atoms with Gasteiger partial charge in [0.15, 0.2) is 5.84 Å². The van der Waals surface area contributed by atoms with Gasteiger partial charge >= 0.3 is 0 Å². The summed E-state index contributed by atoms with van der Waals surface area (Å²) in [6.07, 6.45) is 2.52. The standard InChI is InChI=1S/C18H16N6S/c1-22-24-18(21)11-14-7-3-5-9-16(14)25-15-8-4-2-6-13(15)10-17(20)23-12-19/h2-9H,10-11H2,(H2,20,23)(H2,21,24). The molecule has 2 rings (SSSR count). The van der Waals surface area contributed by atoms with Gasteiger partial charge in [0.05, 0.1) is 0 Å². The van der Waals surface area contributed by atoms with E-state index in [9.17, 15) is 0 Å². The lowest BCUT2D eigenvalue weighted by Gasteiger charge is -2.11. The predicted molar refractivity (Wildman–Crippen MR) is 99.9 cm³/mol. The van der Waals surface area contributed by atoms with E-state index in [0.717, 1.165) is 20.9 Å². The first-order valence-corrected chi connectivity index (χ1v) is 8.19. The van der Waals surface area contributed by atoms with Crippen molar-refractivity contribution >= 4 is 23.4 Å². The average Bonchev–Trinajstić information content (AvgIpc) is 2.59. The number of benzene rings is 2. The number of rotatable bonds is 6. The summed E-state index contributed by atoms with van der Waals surface area (Å²) >= 11 is 1.58. The average molecular weight is 348 g/mol. The highest BCUT2D eigenvalue weighted by molar-refractivity contribution is 7.99. The molecule has 0 heterocycles. The van der Waals surface area contributed by atoms with Gasteiger partial charge in [0.1, 0.15) is 10.9 Å². The molecule has 0 aromatic heterocycles. The van der Waals surface area contributed by atoms with E-state index < -0.39 is 0 Å². The lowest BCUT2D eigenvalue weighted by Crippen LogP contribution is -2.15. The lowest BCUT2D eigenvalue weighted by atomic mass is 10.1. The minimum absolute atomic E-state index is 0.275. The zero-order valence-corrected chi connectivity index (χ0v) is 14.2. The Bertz CT molecular complexity index is 815. The highest BCUT2D eigenvalue weighted by atomic mass is 32.2. The molecule has 0 unspecified atom stereocenters. The van der Waals surface area contributed by atoms with E-state index in [0.29, 0.717) is 12.8 Å². The topological polar surface area (TPSA) is 105 Å². The Morgan fingerprint density at radius 3 is 2.04 bits per heavy atom. The van der Waals surface area contributed by atoms with Gasteiger partial charge in [-0.2, -0.15) is 16.8 Å².